The Morgan fingerprint density at radius 1 is 0.788 bits per heavy atom. The van der Waals surface area contributed by atoms with E-state index in [4.69, 9.17) is 17.9 Å². The lowest BCUT2D eigenvalue weighted by Crippen LogP contribution is -2.37. The fourth-order valence-corrected chi connectivity index (χ4v) is 10.8. The molecule has 2 aliphatic carbocycles. The molecule has 0 radical (unpaired) electrons. The molecular weight excluding hydrogens is 729 g/mol. The molecule has 3 aromatic heterocycles. The zero-order chi connectivity index (χ0) is 36.5. The number of halogens is 4. The molecule has 1 spiro atoms. The van der Waals surface area contributed by atoms with Crippen LogP contribution in [0.4, 0.5) is 17.6 Å². The number of allylic oxidation sites excluding steroid dienone is 3. The van der Waals surface area contributed by atoms with Gasteiger partial charge in [0.15, 0.2) is 29.1 Å². The zero-order valence-corrected chi connectivity index (χ0v) is 28.9. The Morgan fingerprint density at radius 2 is 1.42 bits per heavy atom. The van der Waals surface area contributed by atoms with Crippen molar-refractivity contribution in [2.45, 2.75) is 37.7 Å². The van der Waals surface area contributed by atoms with Crippen LogP contribution in [0.5, 0.6) is 5.75 Å². The highest BCUT2D eigenvalue weighted by molar-refractivity contribution is 7.23. The van der Waals surface area contributed by atoms with Crippen LogP contribution >= 0.6 is 34.0 Å². The number of hydrogen-bond donors (Lipinski definition) is 0. The van der Waals surface area contributed by atoms with Gasteiger partial charge in [-0.15, -0.1) is 34.0 Å². The van der Waals surface area contributed by atoms with Gasteiger partial charge in [0.1, 0.15) is 11.4 Å². The Hall–Kier alpha value is -5.83. The number of ketones is 1. The fraction of sp³-hybridized carbons (Fsp3) is 0.154. The molecule has 0 N–H and O–H groups in total. The molecule has 13 heteroatoms. The summed E-state index contributed by atoms with van der Waals surface area (Å²) in [6.45, 7) is 15.1. The van der Waals surface area contributed by atoms with Crippen LogP contribution in [0.1, 0.15) is 63.3 Å². The van der Waals surface area contributed by atoms with Gasteiger partial charge in [0.2, 0.25) is 0 Å². The van der Waals surface area contributed by atoms with Crippen molar-refractivity contribution in [1.82, 2.24) is 0 Å². The largest absolute Gasteiger partial charge is 0.481 e. The van der Waals surface area contributed by atoms with Gasteiger partial charge in [-0.05, 0) is 85.2 Å². The summed E-state index contributed by atoms with van der Waals surface area (Å²) < 4.78 is 64.8. The molecule has 5 aromatic rings. The molecule has 1 aliphatic heterocycles. The van der Waals surface area contributed by atoms with Crippen LogP contribution in [0.2, 0.25) is 0 Å². The monoisotopic (exact) mass is 746 g/mol. The first kappa shape index (κ1) is 33.3. The predicted octanol–water partition coefficient (Wildman–Crippen LogP) is 9.61. The molecule has 0 unspecified atom stereocenters. The molecule has 1 fully saturated rings. The van der Waals surface area contributed by atoms with E-state index in [1.54, 1.807) is 12.1 Å². The van der Waals surface area contributed by atoms with Crippen molar-refractivity contribution in [2.75, 3.05) is 0 Å². The van der Waals surface area contributed by atoms with Crippen molar-refractivity contribution in [3.63, 3.8) is 0 Å². The Kier molecular flexibility index (Phi) is 7.97. The molecule has 252 valence electrons. The minimum absolute atomic E-state index is 0.0248. The lowest BCUT2D eigenvalue weighted by molar-refractivity contribution is 0.0250. The molecular formula is C39H18F4N4O2S3. The van der Waals surface area contributed by atoms with Crippen LogP contribution in [0.25, 0.3) is 53.0 Å². The third kappa shape index (κ3) is 5.09. The summed E-state index contributed by atoms with van der Waals surface area (Å²) in [7, 11) is 0. The number of hydrogen-bond acceptors (Lipinski definition) is 7. The summed E-state index contributed by atoms with van der Waals surface area (Å²) in [4.78, 5) is 23.2. The Morgan fingerprint density at radius 3 is 2.12 bits per heavy atom. The summed E-state index contributed by atoms with van der Waals surface area (Å²) in [6.07, 6.45) is 7.71. The minimum atomic E-state index is -1.22. The molecule has 0 atom stereocenters. The van der Waals surface area contributed by atoms with Gasteiger partial charge in [-0.3, -0.25) is 4.79 Å². The molecule has 4 heterocycles. The standard InChI is InChI=1S/C39H18F4N4O2S3/c1-46-29(16-44)34-20-12-25(40)26(41)13-21(20)36(48)23(34)8-18-10-31-38(51-18)37-24(39(49-31)6-4-3-5-7-39)9-19(50-37)11-33-35(30(17-45)47-2)22-14-27(42)28(43)15-32(22)52-33/h8-15H,3-7H2/b23-8-,33-11-,34-29?,35-30+. The Bertz CT molecular complexity index is 2790. The average Bonchev–Trinajstić information content (AvgIpc) is 3.88. The molecule has 0 amide bonds. The van der Waals surface area contributed by atoms with Gasteiger partial charge in [0.25, 0.3) is 11.4 Å². The Balaban J connectivity index is 1.31. The van der Waals surface area contributed by atoms with Crippen molar-refractivity contribution in [3.8, 4) is 27.6 Å². The third-order valence-electron chi connectivity index (χ3n) is 9.45. The van der Waals surface area contributed by atoms with Crippen LogP contribution in [-0.2, 0) is 5.60 Å². The highest BCUT2D eigenvalue weighted by Gasteiger charge is 2.44. The first-order valence-electron chi connectivity index (χ1n) is 15.8. The van der Waals surface area contributed by atoms with Gasteiger partial charge < -0.3 is 4.74 Å². The van der Waals surface area contributed by atoms with Gasteiger partial charge in [0.05, 0.1) is 35.0 Å². The lowest BCUT2D eigenvalue weighted by atomic mass is 9.78. The van der Waals surface area contributed by atoms with Gasteiger partial charge >= 0.3 is 0 Å². The third-order valence-corrected chi connectivity index (χ3v) is 12.9. The smallest absolute Gasteiger partial charge is 0.271 e. The van der Waals surface area contributed by atoms with E-state index in [9.17, 15) is 32.9 Å². The van der Waals surface area contributed by atoms with Crippen molar-refractivity contribution in [3.05, 3.63) is 130 Å². The van der Waals surface area contributed by atoms with Crippen LogP contribution in [0.3, 0.4) is 0 Å². The molecule has 0 saturated heterocycles. The molecule has 6 nitrogen and oxygen atoms in total. The van der Waals surface area contributed by atoms with Crippen LogP contribution in [-0.4, -0.2) is 5.78 Å². The number of nitrogens with zero attached hydrogens (tertiary/aromatic N) is 4. The number of thiophene rings is 3. The average molecular weight is 747 g/mol. The van der Waals surface area contributed by atoms with Crippen LogP contribution in [0.15, 0.2) is 47.7 Å². The number of Topliss-reactive ketones (excluding diaryl/α,β-unsaturated/α-hetero) is 1. The number of ether oxygens (including phenoxy) is 1. The quantitative estimate of drug-likeness (QED) is 0.0780. The lowest BCUT2D eigenvalue weighted by Gasteiger charge is -2.40. The number of rotatable bonds is 2. The predicted molar refractivity (Wildman–Crippen MR) is 191 cm³/mol. The molecule has 3 aliphatic rings. The number of fused-ring (bicyclic) bond motifs is 6. The molecule has 1 saturated carbocycles. The van der Waals surface area contributed by atoms with E-state index in [0.717, 1.165) is 87.9 Å². The van der Waals surface area contributed by atoms with Gasteiger partial charge in [-0.1, -0.05) is 6.42 Å². The normalized spacial score (nSPS) is 18.2. The first-order valence-corrected chi connectivity index (χ1v) is 18.2. The van der Waals surface area contributed by atoms with E-state index in [2.05, 4.69) is 9.69 Å². The van der Waals surface area contributed by atoms with Crippen molar-refractivity contribution in [2.24, 2.45) is 0 Å². The van der Waals surface area contributed by atoms with Crippen molar-refractivity contribution < 1.29 is 27.1 Å². The van der Waals surface area contributed by atoms with Crippen molar-refractivity contribution in [1.29, 1.82) is 10.5 Å². The summed E-state index contributed by atoms with van der Waals surface area (Å²) in [5, 5.41) is 20.0. The number of nitriles is 2. The van der Waals surface area contributed by atoms with E-state index >= 15 is 0 Å². The summed E-state index contributed by atoms with van der Waals surface area (Å²) >= 11 is 3.92. The van der Waals surface area contributed by atoms with E-state index in [-0.39, 0.29) is 38.6 Å². The van der Waals surface area contributed by atoms with E-state index in [1.165, 1.54) is 28.7 Å². The second-order valence-corrected chi connectivity index (χ2v) is 15.6. The highest BCUT2D eigenvalue weighted by atomic mass is 32.1. The topological polar surface area (TPSA) is 82.6 Å². The molecule has 8 rings (SSSR count). The van der Waals surface area contributed by atoms with E-state index < -0.39 is 40.4 Å². The van der Waals surface area contributed by atoms with Gasteiger partial charge in [0, 0.05) is 46.5 Å². The zero-order valence-electron chi connectivity index (χ0n) is 26.5. The second-order valence-electron chi connectivity index (χ2n) is 12.4. The second kappa shape index (κ2) is 12.4. The molecule has 0 bridgehead atoms. The fourth-order valence-electron chi connectivity index (χ4n) is 7.19. The number of carbonyl (C=O) groups is 1. The molecule has 52 heavy (non-hydrogen) atoms. The van der Waals surface area contributed by atoms with E-state index in [0.29, 0.717) is 19.9 Å². The van der Waals surface area contributed by atoms with Crippen LogP contribution in [0, 0.1) is 59.1 Å². The summed E-state index contributed by atoms with van der Waals surface area (Å²) in [6, 6.07) is 11.2. The minimum Gasteiger partial charge on any atom is -0.481 e. The maximum Gasteiger partial charge on any atom is 0.271 e. The van der Waals surface area contributed by atoms with Gasteiger partial charge in [-0.25, -0.2) is 37.8 Å². The van der Waals surface area contributed by atoms with E-state index in [1.807, 2.05) is 18.2 Å². The number of carbonyl (C=O) groups excluding carboxylic acids is 1. The summed E-state index contributed by atoms with van der Waals surface area (Å²) in [5.41, 5.74) is -0.619. The SMILES string of the molecule is [C-]#[N+]C(C#N)=C1/C(=C/c2cc3c(s2)-c2sc(/C=c4\sc5cc(F)c(F)cc5\c4=C(\C#N)[N+]#[C-])cc2C2(CCCCC2)O3)C(=O)c2cc(F)c(F)cc21. The van der Waals surface area contributed by atoms with Gasteiger partial charge in [-0.2, -0.15) is 0 Å². The maximum absolute atomic E-state index is 14.3. The first-order chi connectivity index (χ1) is 25.1. The number of benzene rings is 2. The summed E-state index contributed by atoms with van der Waals surface area (Å²) in [5.74, 6) is -4.60. The molecule has 2 aromatic carbocycles. The van der Waals surface area contributed by atoms with Crippen LogP contribution < -0.4 is 14.5 Å². The maximum atomic E-state index is 14.3. The highest BCUT2D eigenvalue weighted by Crippen LogP contribution is 2.57. The van der Waals surface area contributed by atoms with Crippen molar-refractivity contribution >= 4 is 73.3 Å². The Labute approximate surface area is 305 Å².